The fourth-order valence-electron chi connectivity index (χ4n) is 2.14. The van der Waals surface area contributed by atoms with Crippen molar-refractivity contribution in [3.05, 3.63) is 0 Å². The molecule has 0 saturated heterocycles. The summed E-state index contributed by atoms with van der Waals surface area (Å²) in [6.07, 6.45) is 0.695. The van der Waals surface area contributed by atoms with Gasteiger partial charge in [0.15, 0.2) is 5.60 Å². The molecule has 0 spiro atoms. The molecule has 22 heavy (non-hydrogen) atoms. The van der Waals surface area contributed by atoms with Crippen molar-refractivity contribution in [1.82, 2.24) is 0 Å². The van der Waals surface area contributed by atoms with E-state index >= 15 is 0 Å². The molecule has 0 saturated carbocycles. The zero-order chi connectivity index (χ0) is 17.4. The van der Waals surface area contributed by atoms with Crippen LogP contribution in [0, 0.1) is 5.92 Å². The number of hydrogen-bond donors (Lipinski definition) is 0. The van der Waals surface area contributed by atoms with Crippen molar-refractivity contribution in [3.8, 4) is 0 Å². The van der Waals surface area contributed by atoms with Gasteiger partial charge in [-0.2, -0.15) is 8.42 Å². The van der Waals surface area contributed by atoms with Crippen LogP contribution in [0.1, 0.15) is 34.1 Å². The fraction of sp³-hybridized carbons (Fsp3) is 0.923. The Morgan fingerprint density at radius 2 is 1.82 bits per heavy atom. The number of ether oxygens (including phenoxy) is 2. The first-order valence-electron chi connectivity index (χ1n) is 7.23. The maximum absolute atomic E-state index is 12.3. The summed E-state index contributed by atoms with van der Waals surface area (Å²) in [5, 5.41) is 0. The van der Waals surface area contributed by atoms with Crippen molar-refractivity contribution in [2.24, 2.45) is 5.92 Å². The van der Waals surface area contributed by atoms with Crippen molar-refractivity contribution >= 4 is 23.9 Å². The third kappa shape index (κ3) is 8.27. The summed E-state index contributed by atoms with van der Waals surface area (Å²) in [6, 6.07) is 0. The van der Waals surface area contributed by atoms with E-state index in [-0.39, 0.29) is 25.3 Å². The Balaban J connectivity index is 5.18. The average Bonchev–Trinajstić information content (AvgIpc) is 2.35. The van der Waals surface area contributed by atoms with Gasteiger partial charge in [-0.3, -0.25) is 4.18 Å². The Labute approximate surface area is 133 Å². The summed E-state index contributed by atoms with van der Waals surface area (Å²) in [6.45, 7) is 7.69. The summed E-state index contributed by atoms with van der Waals surface area (Å²) in [5.74, 6) is -0.454. The van der Waals surface area contributed by atoms with E-state index in [2.05, 4.69) is 4.18 Å². The van der Waals surface area contributed by atoms with E-state index in [1.165, 1.54) is 0 Å². The topological polar surface area (TPSA) is 96.0 Å². The fourth-order valence-corrected chi connectivity index (χ4v) is 4.65. The quantitative estimate of drug-likeness (QED) is 0.316. The Kier molecular flexibility index (Phi) is 9.46. The lowest BCUT2D eigenvalue weighted by atomic mass is 9.94. The monoisotopic (exact) mass is 358 g/mol. The average molecular weight is 358 g/mol. The Morgan fingerprint density at radius 1 is 1.23 bits per heavy atom. The standard InChI is InChI=1S/C13H27O7PS/c1-6-18-12(14)13(19-7-2,8-11(3)4)9-21(15)10-20-22(5,16)17/h11,21H,6-10H2,1-5H3. The van der Waals surface area contributed by atoms with Crippen LogP contribution in [-0.2, 0) is 33.1 Å². The van der Waals surface area contributed by atoms with E-state index in [4.69, 9.17) is 9.47 Å². The van der Waals surface area contributed by atoms with Crippen LogP contribution in [0.3, 0.4) is 0 Å². The molecule has 0 radical (unpaired) electrons. The normalized spacial score (nSPS) is 16.3. The number of rotatable bonds is 11. The van der Waals surface area contributed by atoms with Gasteiger partial charge < -0.3 is 14.0 Å². The van der Waals surface area contributed by atoms with Gasteiger partial charge in [-0.1, -0.05) is 13.8 Å². The van der Waals surface area contributed by atoms with Crippen LogP contribution in [0.25, 0.3) is 0 Å². The van der Waals surface area contributed by atoms with Gasteiger partial charge in [-0.15, -0.1) is 0 Å². The van der Waals surface area contributed by atoms with Crippen molar-refractivity contribution in [2.75, 3.05) is 32.0 Å². The highest BCUT2D eigenvalue weighted by atomic mass is 32.2. The first-order valence-corrected chi connectivity index (χ1v) is 10.9. The lowest BCUT2D eigenvalue weighted by molar-refractivity contribution is -0.171. The van der Waals surface area contributed by atoms with Gasteiger partial charge in [-0.05, 0) is 26.2 Å². The first kappa shape index (κ1) is 21.6. The van der Waals surface area contributed by atoms with Crippen molar-refractivity contribution in [2.45, 2.75) is 39.7 Å². The van der Waals surface area contributed by atoms with E-state index in [1.54, 1.807) is 13.8 Å². The molecule has 0 aliphatic carbocycles. The van der Waals surface area contributed by atoms with Crippen molar-refractivity contribution in [1.29, 1.82) is 0 Å². The minimum Gasteiger partial charge on any atom is -0.464 e. The second-order valence-corrected chi connectivity index (χ2v) is 8.79. The smallest absolute Gasteiger partial charge is 0.338 e. The van der Waals surface area contributed by atoms with E-state index in [1.807, 2.05) is 13.8 Å². The van der Waals surface area contributed by atoms with Gasteiger partial charge in [0.1, 0.15) is 14.1 Å². The first-order chi connectivity index (χ1) is 10.1. The maximum atomic E-state index is 12.3. The van der Waals surface area contributed by atoms with Crippen LogP contribution in [-0.4, -0.2) is 52.0 Å². The zero-order valence-corrected chi connectivity index (χ0v) is 15.7. The van der Waals surface area contributed by atoms with Crippen LogP contribution in [0.15, 0.2) is 0 Å². The van der Waals surface area contributed by atoms with Crippen molar-refractivity contribution in [3.63, 3.8) is 0 Å². The van der Waals surface area contributed by atoms with E-state index in [0.717, 1.165) is 6.26 Å². The largest absolute Gasteiger partial charge is 0.464 e. The van der Waals surface area contributed by atoms with Gasteiger partial charge in [0, 0.05) is 12.8 Å². The molecule has 132 valence electrons. The molecule has 0 aromatic rings. The van der Waals surface area contributed by atoms with Crippen LogP contribution in [0.4, 0.5) is 0 Å². The molecule has 0 aliphatic heterocycles. The highest BCUT2D eigenvalue weighted by Gasteiger charge is 2.43. The molecule has 0 heterocycles. The molecule has 0 aliphatic rings. The Morgan fingerprint density at radius 3 is 2.23 bits per heavy atom. The second kappa shape index (κ2) is 9.65. The lowest BCUT2D eigenvalue weighted by Gasteiger charge is -2.32. The van der Waals surface area contributed by atoms with Crippen molar-refractivity contribution < 1.29 is 31.4 Å². The third-order valence-corrected chi connectivity index (χ3v) is 4.91. The molecule has 0 rings (SSSR count). The summed E-state index contributed by atoms with van der Waals surface area (Å²) in [7, 11) is -6.16. The summed E-state index contributed by atoms with van der Waals surface area (Å²) in [5.41, 5.74) is -1.32. The van der Waals surface area contributed by atoms with Crippen LogP contribution in [0.2, 0.25) is 0 Å². The molecule has 0 bridgehead atoms. The molecular weight excluding hydrogens is 331 g/mol. The molecular formula is C13H27O7PS. The van der Waals surface area contributed by atoms with Gasteiger partial charge in [0.25, 0.3) is 10.1 Å². The predicted octanol–water partition coefficient (Wildman–Crippen LogP) is 1.86. The predicted molar refractivity (Wildman–Crippen MR) is 85.1 cm³/mol. The molecule has 0 N–H and O–H groups in total. The van der Waals surface area contributed by atoms with Crippen LogP contribution < -0.4 is 0 Å². The SMILES string of the molecule is CCOC(=O)C(CC(C)C)(C[PH](=O)COS(C)(=O)=O)OCC. The highest BCUT2D eigenvalue weighted by molar-refractivity contribution is 7.86. The summed E-state index contributed by atoms with van der Waals surface area (Å²) in [4.78, 5) is 12.3. The summed E-state index contributed by atoms with van der Waals surface area (Å²) < 4.78 is 49.3. The zero-order valence-electron chi connectivity index (χ0n) is 13.9. The van der Waals surface area contributed by atoms with Gasteiger partial charge in [0.2, 0.25) is 0 Å². The van der Waals surface area contributed by atoms with Crippen LogP contribution in [0.5, 0.6) is 0 Å². The Bertz CT molecular complexity index is 475. The summed E-state index contributed by atoms with van der Waals surface area (Å²) >= 11 is 0. The number of carbonyl (C=O) groups is 1. The molecule has 2 atom stereocenters. The molecule has 2 unspecified atom stereocenters. The Hall–Kier alpha value is -0.430. The van der Waals surface area contributed by atoms with E-state index in [0.29, 0.717) is 6.42 Å². The van der Waals surface area contributed by atoms with E-state index < -0.39 is 35.8 Å². The third-order valence-electron chi connectivity index (χ3n) is 2.72. The number of esters is 1. The highest BCUT2D eigenvalue weighted by Crippen LogP contribution is 2.34. The number of hydrogen-bond acceptors (Lipinski definition) is 7. The minimum atomic E-state index is -3.67. The lowest BCUT2D eigenvalue weighted by Crippen LogP contribution is -2.47. The molecule has 0 amide bonds. The molecule has 0 fully saturated rings. The second-order valence-electron chi connectivity index (χ2n) is 5.43. The van der Waals surface area contributed by atoms with Crippen LogP contribution >= 0.6 is 7.80 Å². The minimum absolute atomic E-state index is 0.0992. The molecule has 9 heteroatoms. The van der Waals surface area contributed by atoms with Gasteiger partial charge >= 0.3 is 5.97 Å². The van der Waals surface area contributed by atoms with E-state index in [9.17, 15) is 17.8 Å². The molecule has 7 nitrogen and oxygen atoms in total. The van der Waals surface area contributed by atoms with Gasteiger partial charge in [-0.25, -0.2) is 4.79 Å². The maximum Gasteiger partial charge on any atom is 0.338 e. The number of carbonyl (C=O) groups excluding carboxylic acids is 1. The molecule has 0 aromatic heterocycles. The van der Waals surface area contributed by atoms with Gasteiger partial charge in [0.05, 0.1) is 12.9 Å². The molecule has 0 aromatic carbocycles.